The monoisotopic (exact) mass is 453 g/mol. The Balaban J connectivity index is 1.46. The molecule has 1 fully saturated rings. The highest BCUT2D eigenvalue weighted by Gasteiger charge is 2.24. The molecule has 4 rings (SSSR count). The second-order valence-corrected chi connectivity index (χ2v) is 8.72. The first-order valence-electron chi connectivity index (χ1n) is 10.9. The molecule has 1 aliphatic rings. The smallest absolute Gasteiger partial charge is 0.273 e. The molecular formula is C25H28ClN3O3. The Kier molecular flexibility index (Phi) is 7.25. The number of hydrogen-bond donors (Lipinski definition) is 1. The van der Waals surface area contributed by atoms with E-state index in [0.717, 1.165) is 18.7 Å². The zero-order valence-corrected chi connectivity index (χ0v) is 19.1. The van der Waals surface area contributed by atoms with Crippen molar-refractivity contribution in [2.45, 2.75) is 25.8 Å². The molecule has 0 bridgehead atoms. The number of ether oxygens (including phenoxy) is 1. The fraction of sp³-hybridized carbons (Fsp3) is 0.360. The average Bonchev–Trinajstić information content (AvgIpc) is 3.31. The normalized spacial score (nSPS) is 15.6. The van der Waals surface area contributed by atoms with E-state index in [2.05, 4.69) is 53.5 Å². The van der Waals surface area contributed by atoms with E-state index in [0.29, 0.717) is 36.5 Å². The molecule has 6 nitrogen and oxygen atoms in total. The first-order valence-corrected chi connectivity index (χ1v) is 11.3. The predicted octanol–water partition coefficient (Wildman–Crippen LogP) is 4.92. The maximum Gasteiger partial charge on any atom is 0.273 e. The highest BCUT2D eigenvalue weighted by atomic mass is 35.5. The van der Waals surface area contributed by atoms with Crippen LogP contribution in [0.3, 0.4) is 0 Å². The first-order chi connectivity index (χ1) is 15.5. The number of halogens is 1. The van der Waals surface area contributed by atoms with Gasteiger partial charge in [-0.25, -0.2) is 0 Å². The summed E-state index contributed by atoms with van der Waals surface area (Å²) in [6, 6.07) is 17.6. The van der Waals surface area contributed by atoms with Crippen molar-refractivity contribution in [3.05, 3.63) is 76.4 Å². The number of nitrogens with zero attached hydrogens (tertiary/aromatic N) is 2. The van der Waals surface area contributed by atoms with E-state index in [1.165, 1.54) is 11.1 Å². The number of amides is 1. The van der Waals surface area contributed by atoms with Gasteiger partial charge in [0.05, 0.1) is 19.3 Å². The molecule has 3 aromatic rings. The number of carbonyl (C=O) groups is 1. The van der Waals surface area contributed by atoms with E-state index in [9.17, 15) is 4.79 Å². The summed E-state index contributed by atoms with van der Waals surface area (Å²) in [5.74, 6) is 0.749. The van der Waals surface area contributed by atoms with Crippen molar-refractivity contribution >= 4 is 17.5 Å². The predicted molar refractivity (Wildman–Crippen MR) is 125 cm³/mol. The maximum absolute atomic E-state index is 12.8. The van der Waals surface area contributed by atoms with Gasteiger partial charge < -0.3 is 14.6 Å². The zero-order chi connectivity index (χ0) is 22.5. The first kappa shape index (κ1) is 22.5. The van der Waals surface area contributed by atoms with Gasteiger partial charge in [0.25, 0.3) is 5.91 Å². The summed E-state index contributed by atoms with van der Waals surface area (Å²) in [7, 11) is 0. The Morgan fingerprint density at radius 3 is 2.38 bits per heavy atom. The van der Waals surface area contributed by atoms with Crippen molar-refractivity contribution < 1.29 is 14.1 Å². The average molecular weight is 454 g/mol. The molecular weight excluding hydrogens is 426 g/mol. The molecule has 1 atom stereocenters. The van der Waals surface area contributed by atoms with Gasteiger partial charge in [-0.05, 0) is 41.3 Å². The van der Waals surface area contributed by atoms with E-state index in [1.54, 1.807) is 18.2 Å². The van der Waals surface area contributed by atoms with E-state index in [-0.39, 0.29) is 17.6 Å². The lowest BCUT2D eigenvalue weighted by Gasteiger charge is -2.35. The summed E-state index contributed by atoms with van der Waals surface area (Å²) in [6.07, 6.45) is 0. The van der Waals surface area contributed by atoms with Crippen LogP contribution in [0.1, 0.15) is 47.4 Å². The summed E-state index contributed by atoms with van der Waals surface area (Å²) in [5, 5.41) is 7.64. The summed E-state index contributed by atoms with van der Waals surface area (Å²) >= 11 is 5.94. The number of hydrogen-bond acceptors (Lipinski definition) is 5. The van der Waals surface area contributed by atoms with Crippen LogP contribution in [0.25, 0.3) is 11.3 Å². The van der Waals surface area contributed by atoms with Gasteiger partial charge in [-0.15, -0.1) is 0 Å². The maximum atomic E-state index is 12.8. The third-order valence-electron chi connectivity index (χ3n) is 5.80. The molecule has 2 aromatic carbocycles. The van der Waals surface area contributed by atoms with E-state index in [4.69, 9.17) is 20.9 Å². The van der Waals surface area contributed by atoms with E-state index < -0.39 is 0 Å². The number of morpholine rings is 1. The lowest BCUT2D eigenvalue weighted by molar-refractivity contribution is 0.0162. The van der Waals surface area contributed by atoms with Crippen molar-refractivity contribution in [3.8, 4) is 11.3 Å². The highest BCUT2D eigenvalue weighted by molar-refractivity contribution is 6.30. The van der Waals surface area contributed by atoms with Crippen LogP contribution in [0.15, 0.2) is 59.1 Å². The molecule has 2 heterocycles. The molecule has 7 heteroatoms. The highest BCUT2D eigenvalue weighted by Crippen LogP contribution is 2.25. The van der Waals surface area contributed by atoms with Gasteiger partial charge in [-0.2, -0.15) is 0 Å². The lowest BCUT2D eigenvalue weighted by Crippen LogP contribution is -2.43. The van der Waals surface area contributed by atoms with Crippen LogP contribution in [0.4, 0.5) is 0 Å². The van der Waals surface area contributed by atoms with Crippen molar-refractivity contribution in [1.29, 1.82) is 0 Å². The van der Waals surface area contributed by atoms with Gasteiger partial charge in [-0.1, -0.05) is 54.9 Å². The molecule has 1 amide bonds. The van der Waals surface area contributed by atoms with Crippen molar-refractivity contribution in [3.63, 3.8) is 0 Å². The molecule has 168 valence electrons. The third kappa shape index (κ3) is 5.38. The van der Waals surface area contributed by atoms with Crippen LogP contribution in [0.2, 0.25) is 5.02 Å². The van der Waals surface area contributed by atoms with Crippen LogP contribution in [-0.2, 0) is 4.74 Å². The van der Waals surface area contributed by atoms with Gasteiger partial charge >= 0.3 is 0 Å². The SMILES string of the molecule is CC(C)c1ccc([C@H](CNC(=O)c2cc(-c3ccc(Cl)cc3)on2)N2CCOCC2)cc1. The van der Waals surface area contributed by atoms with Gasteiger partial charge in [0, 0.05) is 36.3 Å². The van der Waals surface area contributed by atoms with Gasteiger partial charge in [0.15, 0.2) is 11.5 Å². The fourth-order valence-electron chi connectivity index (χ4n) is 3.86. The summed E-state index contributed by atoms with van der Waals surface area (Å²) in [4.78, 5) is 15.2. The largest absolute Gasteiger partial charge is 0.379 e. The second kappa shape index (κ2) is 10.3. The number of benzene rings is 2. The van der Waals surface area contributed by atoms with Crippen molar-refractivity contribution in [2.24, 2.45) is 0 Å². The molecule has 1 aromatic heterocycles. The molecule has 0 radical (unpaired) electrons. The minimum Gasteiger partial charge on any atom is -0.379 e. The van der Waals surface area contributed by atoms with Gasteiger partial charge in [0.2, 0.25) is 0 Å². The Morgan fingerprint density at radius 1 is 1.06 bits per heavy atom. The molecule has 0 spiro atoms. The summed E-state index contributed by atoms with van der Waals surface area (Å²) in [5.41, 5.74) is 3.55. The van der Waals surface area contributed by atoms with E-state index >= 15 is 0 Å². The third-order valence-corrected chi connectivity index (χ3v) is 6.05. The van der Waals surface area contributed by atoms with Crippen molar-refractivity contribution in [2.75, 3.05) is 32.8 Å². The van der Waals surface area contributed by atoms with Gasteiger partial charge in [0.1, 0.15) is 0 Å². The Labute approximate surface area is 193 Å². The fourth-order valence-corrected chi connectivity index (χ4v) is 3.99. The number of aromatic nitrogens is 1. The van der Waals surface area contributed by atoms with Crippen LogP contribution < -0.4 is 5.32 Å². The molecule has 0 unspecified atom stereocenters. The standard InChI is InChI=1S/C25H28ClN3O3/c1-17(2)18-3-5-19(6-4-18)23(29-11-13-31-14-12-29)16-27-25(30)22-15-24(32-28-22)20-7-9-21(26)10-8-20/h3-10,15,17,23H,11-14,16H2,1-2H3,(H,27,30)/t23-/m0/s1. The van der Waals surface area contributed by atoms with Crippen LogP contribution >= 0.6 is 11.6 Å². The topological polar surface area (TPSA) is 67.6 Å². The van der Waals surface area contributed by atoms with E-state index in [1.807, 2.05) is 12.1 Å². The molecule has 32 heavy (non-hydrogen) atoms. The number of rotatable bonds is 7. The zero-order valence-electron chi connectivity index (χ0n) is 18.4. The summed E-state index contributed by atoms with van der Waals surface area (Å²) < 4.78 is 10.9. The van der Waals surface area contributed by atoms with Crippen LogP contribution in [0, 0.1) is 0 Å². The quantitative estimate of drug-likeness (QED) is 0.549. The van der Waals surface area contributed by atoms with Crippen LogP contribution in [-0.4, -0.2) is 48.8 Å². The molecule has 1 N–H and O–H groups in total. The molecule has 0 saturated carbocycles. The van der Waals surface area contributed by atoms with Crippen molar-refractivity contribution in [1.82, 2.24) is 15.4 Å². The Bertz CT molecular complexity index is 1030. The minimum atomic E-state index is -0.258. The number of nitrogens with one attached hydrogen (secondary N) is 1. The van der Waals surface area contributed by atoms with Crippen LogP contribution in [0.5, 0.6) is 0 Å². The summed E-state index contributed by atoms with van der Waals surface area (Å²) in [6.45, 7) is 7.90. The van der Waals surface area contributed by atoms with Gasteiger partial charge in [-0.3, -0.25) is 9.69 Å². The molecule has 1 aliphatic heterocycles. The minimum absolute atomic E-state index is 0.0618. The molecule has 1 saturated heterocycles. The Hall–Kier alpha value is -2.67. The Morgan fingerprint density at radius 2 is 1.72 bits per heavy atom. The lowest BCUT2D eigenvalue weighted by atomic mass is 9.98. The second-order valence-electron chi connectivity index (χ2n) is 8.28. The molecule has 0 aliphatic carbocycles. The number of carbonyl (C=O) groups excluding carboxylic acids is 1.